The lowest BCUT2D eigenvalue weighted by Crippen LogP contribution is -2.35. The Kier molecular flexibility index (Phi) is 10.9. The van der Waals surface area contributed by atoms with E-state index in [1.807, 2.05) is 61.2 Å². The highest BCUT2D eigenvalue weighted by Crippen LogP contribution is 2.50. The Morgan fingerprint density at radius 3 is 2.35 bits per heavy atom. The Balaban J connectivity index is 1.48. The van der Waals surface area contributed by atoms with E-state index in [-0.39, 0.29) is 19.2 Å². The van der Waals surface area contributed by atoms with Gasteiger partial charge in [-0.2, -0.15) is 0 Å². The molecule has 5 rings (SSSR count). The summed E-state index contributed by atoms with van der Waals surface area (Å²) in [7, 11) is 3.18. The molecule has 1 saturated heterocycles. The zero-order valence-corrected chi connectivity index (χ0v) is 27.4. The van der Waals surface area contributed by atoms with E-state index in [1.54, 1.807) is 13.2 Å². The van der Waals surface area contributed by atoms with Gasteiger partial charge in [0.05, 0.1) is 26.2 Å². The monoisotopic (exact) mass is 652 g/mol. The fourth-order valence-electron chi connectivity index (χ4n) is 6.45. The largest absolute Gasteiger partial charge is 0.494 e. The molecule has 1 unspecified atom stereocenters. The van der Waals surface area contributed by atoms with Crippen LogP contribution in [0.5, 0.6) is 23.0 Å². The first-order chi connectivity index (χ1) is 22.3. The molecule has 0 aromatic heterocycles. The van der Waals surface area contributed by atoms with Gasteiger partial charge in [0.1, 0.15) is 5.75 Å². The molecule has 11 heteroatoms. The van der Waals surface area contributed by atoms with Crippen LogP contribution in [0.4, 0.5) is 5.69 Å². The average Bonchev–Trinajstić information content (AvgIpc) is 3.68. The predicted octanol–water partition coefficient (Wildman–Crippen LogP) is 6.10. The molecule has 246 valence electrons. The van der Waals surface area contributed by atoms with Crippen molar-refractivity contribution in [2.45, 2.75) is 45.1 Å². The van der Waals surface area contributed by atoms with Crippen LogP contribution in [-0.2, 0) is 27.2 Å². The average molecular weight is 653 g/mol. The lowest BCUT2D eigenvalue weighted by atomic mass is 9.82. The number of rotatable bonds is 14. The Labute approximate surface area is 274 Å². The normalized spacial score (nSPS) is 18.8. The smallest absolute Gasteiger partial charge is 0.309 e. The molecule has 2 N–H and O–H groups in total. The van der Waals surface area contributed by atoms with Crippen LogP contribution in [0, 0.1) is 5.92 Å². The molecular formula is C35H41ClN2O8. The number of nitrogens with one attached hydrogen (secondary N) is 1. The van der Waals surface area contributed by atoms with Gasteiger partial charge in [-0.25, -0.2) is 0 Å². The van der Waals surface area contributed by atoms with Crippen molar-refractivity contribution in [1.29, 1.82) is 0 Å². The molecule has 2 aliphatic heterocycles. The maximum atomic E-state index is 13.7. The first-order valence-corrected chi connectivity index (χ1v) is 15.9. The van der Waals surface area contributed by atoms with Crippen LogP contribution in [-0.4, -0.2) is 69.2 Å². The van der Waals surface area contributed by atoms with E-state index in [0.717, 1.165) is 34.4 Å². The van der Waals surface area contributed by atoms with Gasteiger partial charge in [0, 0.05) is 49.4 Å². The number of likely N-dealkylation sites (tertiary alicyclic amines) is 1. The number of ether oxygens (including phenoxy) is 5. The molecule has 3 aromatic carbocycles. The molecule has 46 heavy (non-hydrogen) atoms. The van der Waals surface area contributed by atoms with E-state index in [2.05, 4.69) is 5.32 Å². The summed E-state index contributed by atoms with van der Waals surface area (Å²) in [5.41, 5.74) is 4.17. The molecule has 0 radical (unpaired) electrons. The van der Waals surface area contributed by atoms with Crippen LogP contribution in [0.2, 0.25) is 5.02 Å². The standard InChI is InChI=1S/C35H41ClN2O8/c1-5-21-14-25(36)15-22(6-2)32(21)37-30(39)19-38-18-27(24-16-28(43-4)34-29(17-24)45-20-46-34)31(35(40)41)33(38)23-8-10-26(11-9-23)44-13-7-12-42-3/h8-11,14-17,27,31,33H,5-7,12-13,18-20H2,1-4H3,(H,37,39)(H,40,41)/t27-,31?,33+/m1/s1. The zero-order valence-electron chi connectivity index (χ0n) is 26.6. The minimum Gasteiger partial charge on any atom is -0.494 e. The maximum Gasteiger partial charge on any atom is 0.309 e. The number of halogens is 1. The number of nitrogens with zero attached hydrogens (tertiary/aromatic N) is 1. The number of fused-ring (bicyclic) bond motifs is 1. The summed E-state index contributed by atoms with van der Waals surface area (Å²) in [5.74, 6) is -0.409. The summed E-state index contributed by atoms with van der Waals surface area (Å²) in [6.45, 7) is 5.48. The quantitative estimate of drug-likeness (QED) is 0.199. The first-order valence-electron chi connectivity index (χ1n) is 15.5. The topological polar surface area (TPSA) is 116 Å². The Hall–Kier alpha value is -3.99. The van der Waals surface area contributed by atoms with E-state index in [1.165, 1.54) is 7.11 Å². The molecule has 2 heterocycles. The number of hydrogen-bond donors (Lipinski definition) is 2. The van der Waals surface area contributed by atoms with Gasteiger partial charge in [-0.05, 0) is 71.5 Å². The lowest BCUT2D eigenvalue weighted by Gasteiger charge is -2.27. The summed E-state index contributed by atoms with van der Waals surface area (Å²) >= 11 is 6.35. The number of carboxylic acid groups (broad SMARTS) is 1. The number of carboxylic acids is 1. The first kappa shape index (κ1) is 33.4. The van der Waals surface area contributed by atoms with Gasteiger partial charge in [-0.1, -0.05) is 37.6 Å². The van der Waals surface area contributed by atoms with E-state index < -0.39 is 23.8 Å². The SMILES string of the molecule is CCc1cc(Cl)cc(CC)c1NC(=O)CN1C[C@H](c2cc(OC)c3c(c2)OCO3)C(C(=O)O)[C@@H]1c1ccc(OCCCOC)cc1. The Morgan fingerprint density at radius 1 is 1.00 bits per heavy atom. The van der Waals surface area contributed by atoms with E-state index in [9.17, 15) is 14.7 Å². The minimum absolute atomic E-state index is 0.0170. The molecule has 3 aromatic rings. The van der Waals surface area contributed by atoms with E-state index in [4.69, 9.17) is 35.3 Å². The predicted molar refractivity (Wildman–Crippen MR) is 175 cm³/mol. The zero-order chi connectivity index (χ0) is 32.8. The number of aryl methyl sites for hydroxylation is 2. The van der Waals surface area contributed by atoms with E-state index >= 15 is 0 Å². The van der Waals surface area contributed by atoms with Crippen LogP contribution >= 0.6 is 11.6 Å². The fraction of sp³-hybridized carbons (Fsp3) is 0.429. The van der Waals surface area contributed by atoms with Gasteiger partial charge in [-0.15, -0.1) is 0 Å². The molecule has 0 aliphatic carbocycles. The molecule has 10 nitrogen and oxygen atoms in total. The highest BCUT2D eigenvalue weighted by molar-refractivity contribution is 6.30. The number of hydrogen-bond acceptors (Lipinski definition) is 8. The van der Waals surface area contributed by atoms with Crippen molar-refractivity contribution in [3.8, 4) is 23.0 Å². The van der Waals surface area contributed by atoms with Crippen LogP contribution in [0.25, 0.3) is 0 Å². The van der Waals surface area contributed by atoms with Gasteiger partial charge < -0.3 is 34.1 Å². The summed E-state index contributed by atoms with van der Waals surface area (Å²) in [5, 5.41) is 14.5. The van der Waals surface area contributed by atoms with Gasteiger partial charge in [-0.3, -0.25) is 14.5 Å². The highest BCUT2D eigenvalue weighted by Gasteiger charge is 2.48. The van der Waals surface area contributed by atoms with Crippen molar-refractivity contribution in [2.75, 3.05) is 52.6 Å². The van der Waals surface area contributed by atoms with E-state index in [0.29, 0.717) is 60.6 Å². The van der Waals surface area contributed by atoms with Crippen molar-refractivity contribution in [3.63, 3.8) is 0 Å². The van der Waals surface area contributed by atoms with Crippen LogP contribution in [0.3, 0.4) is 0 Å². The number of carbonyl (C=O) groups is 2. The van der Waals surface area contributed by atoms with Crippen molar-refractivity contribution in [2.24, 2.45) is 5.92 Å². The molecular weight excluding hydrogens is 612 g/mol. The molecule has 0 saturated carbocycles. The summed E-state index contributed by atoms with van der Waals surface area (Å²) in [6.07, 6.45) is 2.15. The number of benzene rings is 3. The van der Waals surface area contributed by atoms with Crippen molar-refractivity contribution < 1.29 is 38.4 Å². The van der Waals surface area contributed by atoms with Crippen LogP contribution in [0.15, 0.2) is 48.5 Å². The Bertz CT molecular complexity index is 1520. The summed E-state index contributed by atoms with van der Waals surface area (Å²) in [6, 6.07) is 14.2. The fourth-order valence-corrected chi connectivity index (χ4v) is 6.72. The van der Waals surface area contributed by atoms with Crippen molar-refractivity contribution >= 4 is 29.2 Å². The molecule has 1 amide bonds. The van der Waals surface area contributed by atoms with Crippen LogP contribution < -0.4 is 24.3 Å². The second kappa shape index (κ2) is 15.1. The molecule has 3 atom stereocenters. The summed E-state index contributed by atoms with van der Waals surface area (Å²) < 4.78 is 27.8. The third-order valence-electron chi connectivity index (χ3n) is 8.61. The van der Waals surface area contributed by atoms with Crippen molar-refractivity contribution in [1.82, 2.24) is 4.90 Å². The lowest BCUT2D eigenvalue weighted by molar-refractivity contribution is -0.143. The molecule has 0 spiro atoms. The van der Waals surface area contributed by atoms with Gasteiger partial charge in [0.2, 0.25) is 18.4 Å². The van der Waals surface area contributed by atoms with Gasteiger partial charge in [0.25, 0.3) is 0 Å². The minimum atomic E-state index is -0.964. The number of amides is 1. The van der Waals surface area contributed by atoms with Crippen molar-refractivity contribution in [3.05, 3.63) is 75.8 Å². The van der Waals surface area contributed by atoms with Gasteiger partial charge in [0.15, 0.2) is 11.5 Å². The third kappa shape index (κ3) is 7.19. The summed E-state index contributed by atoms with van der Waals surface area (Å²) in [4.78, 5) is 28.8. The maximum absolute atomic E-state index is 13.7. The molecule has 2 aliphatic rings. The number of anilines is 1. The van der Waals surface area contributed by atoms with Gasteiger partial charge >= 0.3 is 5.97 Å². The second-order valence-corrected chi connectivity index (χ2v) is 11.9. The Morgan fingerprint density at radius 2 is 1.72 bits per heavy atom. The number of methoxy groups -OCH3 is 2. The highest BCUT2D eigenvalue weighted by atomic mass is 35.5. The third-order valence-corrected chi connectivity index (χ3v) is 8.83. The second-order valence-electron chi connectivity index (χ2n) is 11.4. The number of carbonyl (C=O) groups excluding carboxylic acids is 1. The number of aliphatic carboxylic acids is 1. The molecule has 0 bridgehead atoms. The van der Waals surface area contributed by atoms with Crippen LogP contribution in [0.1, 0.15) is 54.5 Å². The molecule has 1 fully saturated rings.